The molecule has 0 bridgehead atoms. The Morgan fingerprint density at radius 1 is 1.28 bits per heavy atom. The van der Waals surface area contributed by atoms with Crippen molar-refractivity contribution in [2.75, 3.05) is 26.2 Å². The van der Waals surface area contributed by atoms with E-state index in [2.05, 4.69) is 34.3 Å². The molecule has 3 heterocycles. The lowest BCUT2D eigenvalue weighted by Crippen LogP contribution is -2.48. The molecule has 9 heteroatoms. The number of furan rings is 1. The van der Waals surface area contributed by atoms with Crippen LogP contribution in [0.3, 0.4) is 0 Å². The third-order valence-electron chi connectivity index (χ3n) is 4.28. The molecule has 0 atom stereocenters. The Balaban J connectivity index is 0.00000225. The van der Waals surface area contributed by atoms with E-state index < -0.39 is 0 Å². The molecule has 2 aromatic heterocycles. The van der Waals surface area contributed by atoms with Crippen LogP contribution in [0.5, 0.6) is 0 Å². The lowest BCUT2D eigenvalue weighted by atomic mass is 10.1. The second-order valence-corrected chi connectivity index (χ2v) is 6.55. The summed E-state index contributed by atoms with van der Waals surface area (Å²) in [6.45, 7) is 8.94. The Hall–Kier alpha value is -1.93. The predicted octanol–water partition coefficient (Wildman–Crippen LogP) is 1.69. The Morgan fingerprint density at radius 2 is 2.04 bits per heavy atom. The molecule has 0 spiro atoms. The Bertz CT molecular complexity index is 649. The molecule has 138 valence electrons. The van der Waals surface area contributed by atoms with E-state index in [0.717, 1.165) is 31.9 Å². The minimum Gasteiger partial charge on any atom is -0.459 e. The van der Waals surface area contributed by atoms with Crippen LogP contribution in [0.1, 0.15) is 36.6 Å². The van der Waals surface area contributed by atoms with Gasteiger partial charge in [-0.3, -0.25) is 9.69 Å². The van der Waals surface area contributed by atoms with Crippen molar-refractivity contribution in [2.45, 2.75) is 33.4 Å². The monoisotopic (exact) mass is 368 g/mol. The van der Waals surface area contributed by atoms with Gasteiger partial charge in [-0.05, 0) is 34.9 Å². The molecule has 2 aromatic rings. The molecule has 1 fully saturated rings. The molecule has 0 unspecified atom stereocenters. The van der Waals surface area contributed by atoms with Crippen LogP contribution in [0.25, 0.3) is 0 Å². The van der Waals surface area contributed by atoms with Gasteiger partial charge < -0.3 is 9.32 Å². The number of hydrogen-bond donors (Lipinski definition) is 0. The van der Waals surface area contributed by atoms with Crippen LogP contribution in [0, 0.1) is 5.92 Å². The van der Waals surface area contributed by atoms with Crippen LogP contribution < -0.4 is 0 Å². The normalized spacial score (nSPS) is 15.4. The SMILES string of the molecule is CC(C)CCn1nnnc1CN1CCN(C(=O)c2ccco2)CC1.Cl. The quantitative estimate of drug-likeness (QED) is 0.771. The van der Waals surface area contributed by atoms with E-state index in [-0.39, 0.29) is 18.3 Å². The fourth-order valence-electron chi connectivity index (χ4n) is 2.76. The van der Waals surface area contributed by atoms with E-state index >= 15 is 0 Å². The average molecular weight is 369 g/mol. The van der Waals surface area contributed by atoms with Gasteiger partial charge in [-0.15, -0.1) is 17.5 Å². The first-order valence-electron chi connectivity index (χ1n) is 8.43. The zero-order valence-electron chi connectivity index (χ0n) is 14.7. The lowest BCUT2D eigenvalue weighted by molar-refractivity contribution is 0.0593. The summed E-state index contributed by atoms with van der Waals surface area (Å²) in [5, 5.41) is 12.0. The van der Waals surface area contributed by atoms with E-state index in [4.69, 9.17) is 4.42 Å². The maximum Gasteiger partial charge on any atom is 0.289 e. The van der Waals surface area contributed by atoms with Gasteiger partial charge in [-0.2, -0.15) is 0 Å². The number of carbonyl (C=O) groups excluding carboxylic acids is 1. The number of aromatic nitrogens is 4. The van der Waals surface area contributed by atoms with Crippen LogP contribution in [0.4, 0.5) is 0 Å². The average Bonchev–Trinajstić information content (AvgIpc) is 3.25. The molecule has 1 amide bonds. The number of nitrogens with zero attached hydrogens (tertiary/aromatic N) is 6. The summed E-state index contributed by atoms with van der Waals surface area (Å²) >= 11 is 0. The third-order valence-corrected chi connectivity index (χ3v) is 4.28. The van der Waals surface area contributed by atoms with Crippen molar-refractivity contribution < 1.29 is 9.21 Å². The molecule has 0 radical (unpaired) electrons. The third kappa shape index (κ3) is 5.02. The second kappa shape index (κ2) is 8.96. The summed E-state index contributed by atoms with van der Waals surface area (Å²) in [4.78, 5) is 16.4. The highest BCUT2D eigenvalue weighted by Gasteiger charge is 2.24. The summed E-state index contributed by atoms with van der Waals surface area (Å²) in [5.41, 5.74) is 0. The highest BCUT2D eigenvalue weighted by molar-refractivity contribution is 5.91. The van der Waals surface area contributed by atoms with Gasteiger partial charge >= 0.3 is 0 Å². The smallest absolute Gasteiger partial charge is 0.289 e. The molecule has 3 rings (SSSR count). The standard InChI is InChI=1S/C16H24N6O2.ClH/c1-13(2)5-6-22-15(17-18-19-22)12-20-7-9-21(10-8-20)16(23)14-4-3-11-24-14;/h3-4,11,13H,5-10,12H2,1-2H3;1H. The number of piperazine rings is 1. The zero-order valence-corrected chi connectivity index (χ0v) is 15.5. The molecule has 0 N–H and O–H groups in total. The van der Waals surface area contributed by atoms with Crippen molar-refractivity contribution >= 4 is 18.3 Å². The van der Waals surface area contributed by atoms with Gasteiger partial charge in [-0.1, -0.05) is 13.8 Å². The van der Waals surface area contributed by atoms with Crippen LogP contribution in [-0.2, 0) is 13.1 Å². The number of rotatable bonds is 6. The number of halogens is 1. The number of tetrazole rings is 1. The minimum atomic E-state index is -0.0404. The highest BCUT2D eigenvalue weighted by Crippen LogP contribution is 2.11. The van der Waals surface area contributed by atoms with E-state index in [9.17, 15) is 4.79 Å². The lowest BCUT2D eigenvalue weighted by Gasteiger charge is -2.33. The van der Waals surface area contributed by atoms with Gasteiger partial charge in [-0.25, -0.2) is 4.68 Å². The summed E-state index contributed by atoms with van der Waals surface area (Å²) in [6.07, 6.45) is 2.59. The number of hydrogen-bond acceptors (Lipinski definition) is 6. The topological polar surface area (TPSA) is 80.3 Å². The molecule has 8 nitrogen and oxygen atoms in total. The number of carbonyl (C=O) groups is 1. The van der Waals surface area contributed by atoms with Crippen LogP contribution in [0.15, 0.2) is 22.8 Å². The van der Waals surface area contributed by atoms with E-state index in [1.165, 1.54) is 6.26 Å². The highest BCUT2D eigenvalue weighted by atomic mass is 35.5. The van der Waals surface area contributed by atoms with Gasteiger partial charge in [0.25, 0.3) is 5.91 Å². The maximum atomic E-state index is 12.3. The van der Waals surface area contributed by atoms with Crippen molar-refractivity contribution in [3.8, 4) is 0 Å². The molecule has 0 saturated carbocycles. The summed E-state index contributed by atoms with van der Waals surface area (Å²) in [6, 6.07) is 3.44. The fraction of sp³-hybridized carbons (Fsp3) is 0.625. The molecule has 0 aliphatic carbocycles. The molecular weight excluding hydrogens is 344 g/mol. The fourth-order valence-corrected chi connectivity index (χ4v) is 2.76. The van der Waals surface area contributed by atoms with E-state index in [0.29, 0.717) is 31.3 Å². The molecule has 1 saturated heterocycles. The van der Waals surface area contributed by atoms with Crippen LogP contribution in [0.2, 0.25) is 0 Å². The Morgan fingerprint density at radius 3 is 2.68 bits per heavy atom. The minimum absolute atomic E-state index is 0. The van der Waals surface area contributed by atoms with Gasteiger partial charge in [0, 0.05) is 32.7 Å². The Kier molecular flexibility index (Phi) is 6.95. The van der Waals surface area contributed by atoms with E-state index in [1.54, 1.807) is 12.1 Å². The summed E-state index contributed by atoms with van der Waals surface area (Å²) in [5.74, 6) is 1.88. The molecule has 25 heavy (non-hydrogen) atoms. The molecule has 0 aromatic carbocycles. The number of aryl methyl sites for hydroxylation is 1. The molecule has 1 aliphatic heterocycles. The van der Waals surface area contributed by atoms with Gasteiger partial charge in [0.15, 0.2) is 11.6 Å². The van der Waals surface area contributed by atoms with Crippen molar-refractivity contribution in [1.29, 1.82) is 0 Å². The van der Waals surface area contributed by atoms with Crippen molar-refractivity contribution in [1.82, 2.24) is 30.0 Å². The first-order valence-corrected chi connectivity index (χ1v) is 8.43. The van der Waals surface area contributed by atoms with Crippen molar-refractivity contribution in [3.05, 3.63) is 30.0 Å². The van der Waals surface area contributed by atoms with Crippen LogP contribution >= 0.6 is 12.4 Å². The second-order valence-electron chi connectivity index (χ2n) is 6.55. The van der Waals surface area contributed by atoms with Gasteiger partial charge in [0.2, 0.25) is 0 Å². The first-order chi connectivity index (χ1) is 11.6. The maximum absolute atomic E-state index is 12.3. The predicted molar refractivity (Wildman–Crippen MR) is 94.4 cm³/mol. The first kappa shape index (κ1) is 19.4. The van der Waals surface area contributed by atoms with Crippen molar-refractivity contribution in [3.63, 3.8) is 0 Å². The summed E-state index contributed by atoms with van der Waals surface area (Å²) < 4.78 is 7.08. The van der Waals surface area contributed by atoms with Gasteiger partial charge in [0.1, 0.15) is 0 Å². The zero-order chi connectivity index (χ0) is 16.9. The number of amides is 1. The largest absolute Gasteiger partial charge is 0.459 e. The van der Waals surface area contributed by atoms with Crippen LogP contribution in [-0.4, -0.2) is 62.1 Å². The molecular formula is C16H25ClN6O2. The Labute approximate surface area is 153 Å². The van der Waals surface area contributed by atoms with Crippen molar-refractivity contribution in [2.24, 2.45) is 5.92 Å². The van der Waals surface area contributed by atoms with E-state index in [1.807, 2.05) is 9.58 Å². The summed E-state index contributed by atoms with van der Waals surface area (Å²) in [7, 11) is 0. The molecule has 1 aliphatic rings. The van der Waals surface area contributed by atoms with Gasteiger partial charge in [0.05, 0.1) is 12.8 Å².